The number of quaternary nitrogens is 1. The van der Waals surface area contributed by atoms with Crippen molar-refractivity contribution < 1.29 is 4.90 Å². The average Bonchev–Trinajstić information content (AvgIpc) is 2.16. The quantitative estimate of drug-likeness (QED) is 0.688. The highest BCUT2D eigenvalue weighted by Crippen LogP contribution is 1.89. The van der Waals surface area contributed by atoms with Crippen molar-refractivity contribution in [1.29, 1.82) is 0 Å². The average molecular weight is 165 g/mol. The van der Waals surface area contributed by atoms with Crippen LogP contribution in [0.15, 0.2) is 24.4 Å². The normalized spacial score (nSPS) is 10.6. The number of nitrogens with zero attached hydrogens (tertiary/aromatic N) is 1. The summed E-state index contributed by atoms with van der Waals surface area (Å²) in [4.78, 5) is 5.87. The smallest absolute Gasteiger partial charge is 0.120 e. The first-order chi connectivity index (χ1) is 5.86. The SMILES string of the molecule is CC[NH+](CC)Cc1ccccn1. The van der Waals surface area contributed by atoms with Crippen molar-refractivity contribution in [3.05, 3.63) is 30.1 Å². The third-order valence-corrected chi connectivity index (χ3v) is 2.16. The minimum atomic E-state index is 1.05. The van der Waals surface area contributed by atoms with E-state index in [9.17, 15) is 0 Å². The van der Waals surface area contributed by atoms with Gasteiger partial charge >= 0.3 is 0 Å². The topological polar surface area (TPSA) is 17.3 Å². The summed E-state index contributed by atoms with van der Waals surface area (Å²) in [6.07, 6.45) is 1.86. The third kappa shape index (κ3) is 2.62. The van der Waals surface area contributed by atoms with Crippen LogP contribution in [0.5, 0.6) is 0 Å². The molecule has 2 nitrogen and oxygen atoms in total. The Balaban J connectivity index is 2.51. The lowest BCUT2D eigenvalue weighted by molar-refractivity contribution is -0.910. The number of nitrogens with one attached hydrogen (secondary N) is 1. The summed E-state index contributed by atoms with van der Waals surface area (Å²) in [7, 11) is 0. The monoisotopic (exact) mass is 165 g/mol. The largest absolute Gasteiger partial charge is 0.330 e. The molecule has 1 aromatic heterocycles. The van der Waals surface area contributed by atoms with Gasteiger partial charge < -0.3 is 4.90 Å². The summed E-state index contributed by atoms with van der Waals surface area (Å²) in [6.45, 7) is 7.82. The third-order valence-electron chi connectivity index (χ3n) is 2.16. The van der Waals surface area contributed by atoms with E-state index in [4.69, 9.17) is 0 Å². The number of hydrogen-bond donors (Lipinski definition) is 1. The van der Waals surface area contributed by atoms with Gasteiger partial charge in [0.15, 0.2) is 0 Å². The molecule has 1 rings (SSSR count). The zero-order valence-corrected chi connectivity index (χ0v) is 7.88. The maximum atomic E-state index is 4.29. The van der Waals surface area contributed by atoms with Crippen LogP contribution in [-0.2, 0) is 6.54 Å². The fourth-order valence-corrected chi connectivity index (χ4v) is 1.26. The molecule has 12 heavy (non-hydrogen) atoms. The Morgan fingerprint density at radius 3 is 2.50 bits per heavy atom. The van der Waals surface area contributed by atoms with Gasteiger partial charge in [-0.25, -0.2) is 0 Å². The van der Waals surface area contributed by atoms with E-state index in [1.54, 1.807) is 4.90 Å². The molecular formula is C10H17N2+. The van der Waals surface area contributed by atoms with Crippen LogP contribution in [0.3, 0.4) is 0 Å². The second kappa shape index (κ2) is 4.88. The molecule has 0 atom stereocenters. The molecule has 0 saturated heterocycles. The second-order valence-corrected chi connectivity index (χ2v) is 2.95. The molecule has 0 spiro atoms. The number of pyridine rings is 1. The van der Waals surface area contributed by atoms with Crippen LogP contribution in [-0.4, -0.2) is 18.1 Å². The van der Waals surface area contributed by atoms with E-state index in [1.807, 2.05) is 18.3 Å². The van der Waals surface area contributed by atoms with E-state index in [-0.39, 0.29) is 0 Å². The lowest BCUT2D eigenvalue weighted by Gasteiger charge is -2.14. The molecule has 0 aliphatic heterocycles. The van der Waals surface area contributed by atoms with Gasteiger partial charge in [0.1, 0.15) is 6.54 Å². The lowest BCUT2D eigenvalue weighted by Crippen LogP contribution is -3.10. The Morgan fingerprint density at radius 1 is 1.25 bits per heavy atom. The number of aromatic nitrogens is 1. The summed E-state index contributed by atoms with van der Waals surface area (Å²) >= 11 is 0. The first kappa shape index (κ1) is 9.20. The fourth-order valence-electron chi connectivity index (χ4n) is 1.26. The summed E-state index contributed by atoms with van der Waals surface area (Å²) < 4.78 is 0. The summed E-state index contributed by atoms with van der Waals surface area (Å²) in [5.74, 6) is 0. The van der Waals surface area contributed by atoms with Crippen molar-refractivity contribution in [2.24, 2.45) is 0 Å². The van der Waals surface area contributed by atoms with Crippen molar-refractivity contribution in [3.63, 3.8) is 0 Å². The zero-order valence-electron chi connectivity index (χ0n) is 7.88. The van der Waals surface area contributed by atoms with E-state index in [0.29, 0.717) is 0 Å². The van der Waals surface area contributed by atoms with E-state index < -0.39 is 0 Å². The summed E-state index contributed by atoms with van der Waals surface area (Å²) in [6, 6.07) is 6.09. The van der Waals surface area contributed by atoms with Gasteiger partial charge in [-0.15, -0.1) is 0 Å². The molecule has 0 aliphatic carbocycles. The van der Waals surface area contributed by atoms with Gasteiger partial charge in [-0.05, 0) is 26.0 Å². The Morgan fingerprint density at radius 2 is 2.00 bits per heavy atom. The Kier molecular flexibility index (Phi) is 3.74. The first-order valence-electron chi connectivity index (χ1n) is 4.60. The van der Waals surface area contributed by atoms with Crippen molar-refractivity contribution in [2.45, 2.75) is 20.4 Å². The van der Waals surface area contributed by atoms with E-state index in [1.165, 1.54) is 18.8 Å². The molecule has 0 unspecified atom stereocenters. The van der Waals surface area contributed by atoms with Crippen molar-refractivity contribution in [1.82, 2.24) is 4.98 Å². The Hall–Kier alpha value is -0.890. The molecule has 2 heteroatoms. The van der Waals surface area contributed by atoms with Gasteiger partial charge in [0, 0.05) is 6.20 Å². The second-order valence-electron chi connectivity index (χ2n) is 2.95. The maximum Gasteiger partial charge on any atom is 0.120 e. The highest BCUT2D eigenvalue weighted by molar-refractivity contribution is 5.01. The van der Waals surface area contributed by atoms with Gasteiger partial charge in [0.05, 0.1) is 18.8 Å². The van der Waals surface area contributed by atoms with Crippen molar-refractivity contribution in [3.8, 4) is 0 Å². The highest BCUT2D eigenvalue weighted by atomic mass is 15.1. The molecule has 66 valence electrons. The van der Waals surface area contributed by atoms with Gasteiger partial charge in [-0.1, -0.05) is 6.07 Å². The molecule has 1 aromatic rings. The minimum Gasteiger partial charge on any atom is -0.330 e. The molecule has 0 aliphatic rings. The molecule has 0 aromatic carbocycles. The fraction of sp³-hybridized carbons (Fsp3) is 0.500. The van der Waals surface area contributed by atoms with E-state index in [0.717, 1.165) is 6.54 Å². The zero-order chi connectivity index (χ0) is 8.81. The molecule has 0 radical (unpaired) electrons. The summed E-state index contributed by atoms with van der Waals surface area (Å²) in [5, 5.41) is 0. The highest BCUT2D eigenvalue weighted by Gasteiger charge is 2.03. The van der Waals surface area contributed by atoms with Gasteiger partial charge in [-0.3, -0.25) is 4.98 Å². The van der Waals surface area contributed by atoms with E-state index >= 15 is 0 Å². The lowest BCUT2D eigenvalue weighted by atomic mass is 10.3. The van der Waals surface area contributed by atoms with Crippen LogP contribution in [0.1, 0.15) is 19.5 Å². The Labute approximate surface area is 74.2 Å². The van der Waals surface area contributed by atoms with Crippen molar-refractivity contribution in [2.75, 3.05) is 13.1 Å². The predicted octanol–water partition coefficient (Wildman–Crippen LogP) is 0.506. The minimum absolute atomic E-state index is 1.05. The molecule has 1 N–H and O–H groups in total. The first-order valence-corrected chi connectivity index (χ1v) is 4.60. The van der Waals surface area contributed by atoms with Crippen LogP contribution < -0.4 is 4.90 Å². The maximum absolute atomic E-state index is 4.29. The van der Waals surface area contributed by atoms with Gasteiger partial charge in [0.25, 0.3) is 0 Å². The van der Waals surface area contributed by atoms with E-state index in [2.05, 4.69) is 24.9 Å². The molecule has 0 fully saturated rings. The van der Waals surface area contributed by atoms with Crippen LogP contribution in [0, 0.1) is 0 Å². The van der Waals surface area contributed by atoms with Crippen LogP contribution in [0.4, 0.5) is 0 Å². The van der Waals surface area contributed by atoms with Crippen LogP contribution >= 0.6 is 0 Å². The number of hydrogen-bond acceptors (Lipinski definition) is 1. The molecular weight excluding hydrogens is 148 g/mol. The molecule has 0 amide bonds. The van der Waals surface area contributed by atoms with Gasteiger partial charge in [-0.2, -0.15) is 0 Å². The molecule has 0 saturated carbocycles. The predicted molar refractivity (Wildman–Crippen MR) is 50.0 cm³/mol. The summed E-state index contributed by atoms with van der Waals surface area (Å²) in [5.41, 5.74) is 1.19. The number of rotatable bonds is 4. The van der Waals surface area contributed by atoms with Crippen molar-refractivity contribution >= 4 is 0 Å². The van der Waals surface area contributed by atoms with Gasteiger partial charge in [0.2, 0.25) is 0 Å². The van der Waals surface area contributed by atoms with Crippen LogP contribution in [0.2, 0.25) is 0 Å². The standard InChI is InChI=1S/C10H16N2/c1-3-12(4-2)9-10-7-5-6-8-11-10/h5-8H,3-4,9H2,1-2H3/p+1. The Bertz CT molecular complexity index is 204. The molecule has 1 heterocycles. The van der Waals surface area contributed by atoms with Crippen LogP contribution in [0.25, 0.3) is 0 Å². The molecule has 0 bridgehead atoms.